The maximum atomic E-state index is 12.8. The van der Waals surface area contributed by atoms with Crippen molar-refractivity contribution in [2.24, 2.45) is 11.8 Å². The predicted octanol–water partition coefficient (Wildman–Crippen LogP) is 7.50. The highest BCUT2D eigenvalue weighted by molar-refractivity contribution is 6.30. The molecule has 1 spiro atoms. The SMILES string of the molecule is COC(=O)C(C)C(c1ccc2c(c1)OC1(CC2)CCN(C(C)c2cc(Cl)ccc2OCC(F)(F)F)CC1)C1CC1. The first-order chi connectivity index (χ1) is 19.0. The van der Waals surface area contributed by atoms with Crippen LogP contribution in [0.3, 0.4) is 0 Å². The zero-order valence-corrected chi connectivity index (χ0v) is 24.0. The Morgan fingerprint density at radius 1 is 1.12 bits per heavy atom. The Balaban J connectivity index is 1.28. The molecule has 2 aromatic carbocycles. The topological polar surface area (TPSA) is 48.0 Å². The van der Waals surface area contributed by atoms with Crippen molar-refractivity contribution in [2.45, 2.75) is 76.1 Å². The average molecular weight is 580 g/mol. The van der Waals surface area contributed by atoms with E-state index < -0.39 is 12.8 Å². The summed E-state index contributed by atoms with van der Waals surface area (Å²) in [6.07, 6.45) is 1.30. The van der Waals surface area contributed by atoms with Gasteiger partial charge in [-0.1, -0.05) is 30.7 Å². The second-order valence-corrected chi connectivity index (χ2v) is 12.1. The van der Waals surface area contributed by atoms with E-state index in [4.69, 9.17) is 25.8 Å². The number of fused-ring (bicyclic) bond motifs is 1. The predicted molar refractivity (Wildman–Crippen MR) is 147 cm³/mol. The van der Waals surface area contributed by atoms with Crippen LogP contribution in [-0.2, 0) is 16.0 Å². The van der Waals surface area contributed by atoms with Gasteiger partial charge in [0.05, 0.1) is 13.0 Å². The van der Waals surface area contributed by atoms with Crippen LogP contribution in [0.15, 0.2) is 36.4 Å². The van der Waals surface area contributed by atoms with Crippen LogP contribution in [0, 0.1) is 11.8 Å². The Labute approximate surface area is 238 Å². The molecule has 0 N–H and O–H groups in total. The number of aryl methyl sites for hydroxylation is 1. The number of halogens is 4. The highest BCUT2D eigenvalue weighted by atomic mass is 35.5. The number of esters is 1. The molecule has 40 heavy (non-hydrogen) atoms. The largest absolute Gasteiger partial charge is 0.487 e. The lowest BCUT2D eigenvalue weighted by Crippen LogP contribution is -2.50. The number of hydrogen-bond donors (Lipinski definition) is 0. The molecule has 0 bridgehead atoms. The highest BCUT2D eigenvalue weighted by Gasteiger charge is 2.43. The number of piperidine rings is 1. The van der Waals surface area contributed by atoms with Gasteiger partial charge in [0.25, 0.3) is 0 Å². The summed E-state index contributed by atoms with van der Waals surface area (Å²) in [5.41, 5.74) is 2.69. The van der Waals surface area contributed by atoms with Gasteiger partial charge in [0, 0.05) is 29.7 Å². The van der Waals surface area contributed by atoms with Gasteiger partial charge in [0.1, 0.15) is 17.1 Å². The second kappa shape index (κ2) is 11.4. The lowest BCUT2D eigenvalue weighted by Gasteiger charge is -2.46. The van der Waals surface area contributed by atoms with Gasteiger partial charge in [-0.05, 0) is 92.7 Å². The molecule has 1 saturated heterocycles. The Hall–Kier alpha value is -2.45. The third kappa shape index (κ3) is 6.38. The van der Waals surface area contributed by atoms with Gasteiger partial charge in [-0.15, -0.1) is 0 Å². The van der Waals surface area contributed by atoms with Gasteiger partial charge in [0.15, 0.2) is 6.61 Å². The molecule has 3 atom stereocenters. The fraction of sp³-hybridized carbons (Fsp3) is 0.581. The summed E-state index contributed by atoms with van der Waals surface area (Å²) < 4.78 is 55.4. The molecule has 2 fully saturated rings. The summed E-state index contributed by atoms with van der Waals surface area (Å²) in [6, 6.07) is 11.0. The number of rotatable bonds is 8. The second-order valence-electron chi connectivity index (χ2n) is 11.6. The number of hydrogen-bond acceptors (Lipinski definition) is 5. The Morgan fingerprint density at radius 3 is 2.50 bits per heavy atom. The van der Waals surface area contributed by atoms with Gasteiger partial charge in [-0.2, -0.15) is 13.2 Å². The molecule has 5 rings (SSSR count). The van der Waals surface area contributed by atoms with E-state index in [0.717, 1.165) is 62.9 Å². The normalized spacial score (nSPS) is 21.2. The molecule has 0 amide bonds. The van der Waals surface area contributed by atoms with Gasteiger partial charge in [-0.25, -0.2) is 0 Å². The molecule has 3 aliphatic rings. The van der Waals surface area contributed by atoms with Gasteiger partial charge in [-0.3, -0.25) is 9.69 Å². The first-order valence-electron chi connectivity index (χ1n) is 14.1. The van der Waals surface area contributed by atoms with Crippen LogP contribution in [0.2, 0.25) is 5.02 Å². The van der Waals surface area contributed by atoms with Crippen LogP contribution >= 0.6 is 11.6 Å². The zero-order chi connectivity index (χ0) is 28.7. The molecule has 1 aliphatic carbocycles. The van der Waals surface area contributed by atoms with E-state index in [1.54, 1.807) is 12.1 Å². The standard InChI is InChI=1S/C31H37ClF3NO4/c1-19(29(37)38-3)28(22-5-6-22)23-7-4-21-10-11-30(40-27(21)16-23)12-14-36(15-13-30)20(2)25-17-24(32)8-9-26(25)39-18-31(33,34)35/h4,7-9,16-17,19-20,22,28H,5-6,10-15,18H2,1-3H3. The minimum absolute atomic E-state index is 0.119. The van der Waals surface area contributed by atoms with Crippen molar-refractivity contribution in [3.8, 4) is 11.5 Å². The molecule has 9 heteroatoms. The number of alkyl halides is 3. The number of likely N-dealkylation sites (tertiary alicyclic amines) is 1. The number of benzene rings is 2. The summed E-state index contributed by atoms with van der Waals surface area (Å²) in [4.78, 5) is 14.6. The quantitative estimate of drug-likeness (QED) is 0.303. The molecular weight excluding hydrogens is 543 g/mol. The fourth-order valence-corrected chi connectivity index (χ4v) is 6.67. The molecule has 2 heterocycles. The van der Waals surface area contributed by atoms with Gasteiger partial charge >= 0.3 is 12.1 Å². The van der Waals surface area contributed by atoms with E-state index in [1.165, 1.54) is 18.7 Å². The number of carbonyl (C=O) groups is 1. The minimum Gasteiger partial charge on any atom is -0.487 e. The van der Waals surface area contributed by atoms with Crippen molar-refractivity contribution in [1.29, 1.82) is 0 Å². The summed E-state index contributed by atoms with van der Waals surface area (Å²) >= 11 is 6.22. The van der Waals surface area contributed by atoms with Crippen molar-refractivity contribution in [3.63, 3.8) is 0 Å². The van der Waals surface area contributed by atoms with Crippen molar-refractivity contribution in [3.05, 3.63) is 58.1 Å². The first-order valence-corrected chi connectivity index (χ1v) is 14.5. The Morgan fingerprint density at radius 2 is 1.85 bits per heavy atom. The molecule has 0 radical (unpaired) electrons. The van der Waals surface area contributed by atoms with E-state index >= 15 is 0 Å². The van der Waals surface area contributed by atoms with E-state index in [1.807, 2.05) is 13.8 Å². The smallest absolute Gasteiger partial charge is 0.422 e. The highest BCUT2D eigenvalue weighted by Crippen LogP contribution is 2.49. The minimum atomic E-state index is -4.41. The molecular formula is C31H37ClF3NO4. The number of ether oxygens (including phenoxy) is 3. The molecule has 218 valence electrons. The maximum absolute atomic E-state index is 12.8. The molecule has 3 unspecified atom stereocenters. The third-order valence-electron chi connectivity index (χ3n) is 8.96. The maximum Gasteiger partial charge on any atom is 0.422 e. The van der Waals surface area contributed by atoms with E-state index in [-0.39, 0.29) is 35.2 Å². The lowest BCUT2D eigenvalue weighted by molar-refractivity contribution is -0.153. The summed E-state index contributed by atoms with van der Waals surface area (Å²) in [7, 11) is 1.44. The monoisotopic (exact) mass is 579 g/mol. The van der Waals surface area contributed by atoms with Crippen molar-refractivity contribution in [2.75, 3.05) is 26.8 Å². The van der Waals surface area contributed by atoms with Crippen LogP contribution in [-0.4, -0.2) is 49.5 Å². The van der Waals surface area contributed by atoms with Crippen molar-refractivity contribution < 1.29 is 32.2 Å². The molecule has 0 aromatic heterocycles. The van der Waals surface area contributed by atoms with Gasteiger partial charge in [0.2, 0.25) is 0 Å². The molecule has 5 nitrogen and oxygen atoms in total. The summed E-state index contributed by atoms with van der Waals surface area (Å²) in [5, 5.41) is 0.462. The fourth-order valence-electron chi connectivity index (χ4n) is 6.49. The van der Waals surface area contributed by atoms with Gasteiger partial charge < -0.3 is 14.2 Å². The summed E-state index contributed by atoms with van der Waals surface area (Å²) in [5.74, 6) is 1.33. The van der Waals surface area contributed by atoms with Crippen molar-refractivity contribution in [1.82, 2.24) is 4.90 Å². The lowest BCUT2D eigenvalue weighted by atomic mass is 9.80. The van der Waals surface area contributed by atoms with E-state index in [0.29, 0.717) is 16.5 Å². The molecule has 1 saturated carbocycles. The van der Waals surface area contributed by atoms with Crippen LogP contribution < -0.4 is 9.47 Å². The molecule has 2 aromatic rings. The van der Waals surface area contributed by atoms with Crippen molar-refractivity contribution >= 4 is 17.6 Å². The van der Waals surface area contributed by atoms with E-state index in [2.05, 4.69) is 23.1 Å². The number of methoxy groups -OCH3 is 1. The first kappa shape index (κ1) is 29.1. The van der Waals surface area contributed by atoms with Crippen LogP contribution in [0.25, 0.3) is 0 Å². The van der Waals surface area contributed by atoms with Crippen LogP contribution in [0.4, 0.5) is 13.2 Å². The van der Waals surface area contributed by atoms with E-state index in [9.17, 15) is 18.0 Å². The average Bonchev–Trinajstić information content (AvgIpc) is 3.76. The summed E-state index contributed by atoms with van der Waals surface area (Å²) in [6.45, 7) is 4.07. The zero-order valence-electron chi connectivity index (χ0n) is 23.2. The Kier molecular flexibility index (Phi) is 8.31. The number of carbonyl (C=O) groups excluding carboxylic acids is 1. The third-order valence-corrected chi connectivity index (χ3v) is 9.20. The van der Waals surface area contributed by atoms with Crippen LogP contribution in [0.5, 0.6) is 11.5 Å². The molecule has 2 aliphatic heterocycles. The number of nitrogens with zero attached hydrogens (tertiary/aromatic N) is 1. The van der Waals surface area contributed by atoms with Crippen LogP contribution in [0.1, 0.15) is 74.6 Å². The Bertz CT molecular complexity index is 1220.